The lowest BCUT2D eigenvalue weighted by Gasteiger charge is -2.25. The molecule has 1 aliphatic carbocycles. The number of fused-ring (bicyclic) bond motifs is 1. The Kier molecular flexibility index (Phi) is 4.66. The van der Waals surface area contributed by atoms with Crippen LogP contribution in [0.15, 0.2) is 22.7 Å². The van der Waals surface area contributed by atoms with Crippen LogP contribution in [0, 0.1) is 0 Å². The topological polar surface area (TPSA) is 66.4 Å². The molecule has 0 spiro atoms. The zero-order valence-electron chi connectivity index (χ0n) is 10.8. The second-order valence-electron chi connectivity index (χ2n) is 5.02. The van der Waals surface area contributed by atoms with Crippen molar-refractivity contribution in [3.63, 3.8) is 0 Å². The van der Waals surface area contributed by atoms with E-state index in [1.54, 1.807) is 6.92 Å². The van der Waals surface area contributed by atoms with Gasteiger partial charge in [0.05, 0.1) is 11.4 Å². The standard InChI is InChI=1S/C13H18BrNO3S/c1-9(16)8-15-19(17,18)13-5-3-10-6-12(14)4-2-11(10)7-13/h2,4,6,9,13,15-16H,3,5,7-8H2,1H3. The van der Waals surface area contributed by atoms with Crippen molar-refractivity contribution in [1.82, 2.24) is 4.72 Å². The molecule has 0 amide bonds. The molecule has 6 heteroatoms. The molecular formula is C13H18BrNO3S. The summed E-state index contributed by atoms with van der Waals surface area (Å²) in [5.74, 6) is 0. The van der Waals surface area contributed by atoms with Crippen LogP contribution in [0.4, 0.5) is 0 Å². The molecule has 4 nitrogen and oxygen atoms in total. The van der Waals surface area contributed by atoms with Crippen LogP contribution in [0.1, 0.15) is 24.5 Å². The number of halogens is 1. The van der Waals surface area contributed by atoms with Crippen LogP contribution in [0.25, 0.3) is 0 Å². The van der Waals surface area contributed by atoms with Crippen molar-refractivity contribution in [2.45, 2.75) is 37.5 Å². The van der Waals surface area contributed by atoms with Gasteiger partial charge in [-0.1, -0.05) is 22.0 Å². The van der Waals surface area contributed by atoms with E-state index in [1.807, 2.05) is 12.1 Å². The first-order chi connectivity index (χ1) is 8.88. The predicted octanol–water partition coefficient (Wildman–Crippen LogP) is 1.61. The molecule has 0 radical (unpaired) electrons. The molecule has 0 fully saturated rings. The van der Waals surface area contributed by atoms with E-state index in [4.69, 9.17) is 0 Å². The Balaban J connectivity index is 2.11. The third-order valence-corrected chi connectivity index (χ3v) is 5.71. The Labute approximate surface area is 122 Å². The Bertz CT molecular complexity index is 557. The molecule has 0 heterocycles. The minimum atomic E-state index is -3.35. The predicted molar refractivity (Wildman–Crippen MR) is 78.6 cm³/mol. The molecule has 2 unspecified atom stereocenters. The molecule has 1 aliphatic rings. The number of sulfonamides is 1. The lowest BCUT2D eigenvalue weighted by molar-refractivity contribution is 0.198. The second-order valence-corrected chi connectivity index (χ2v) is 7.98. The van der Waals surface area contributed by atoms with Gasteiger partial charge >= 0.3 is 0 Å². The summed E-state index contributed by atoms with van der Waals surface area (Å²) < 4.78 is 27.8. The van der Waals surface area contributed by atoms with Gasteiger partial charge in [-0.25, -0.2) is 13.1 Å². The first kappa shape index (κ1) is 15.0. The summed E-state index contributed by atoms with van der Waals surface area (Å²) in [6.45, 7) is 1.64. The van der Waals surface area contributed by atoms with Crippen LogP contribution in [-0.2, 0) is 22.9 Å². The van der Waals surface area contributed by atoms with Crippen molar-refractivity contribution in [1.29, 1.82) is 0 Å². The number of benzene rings is 1. The first-order valence-electron chi connectivity index (χ1n) is 6.32. The Morgan fingerprint density at radius 1 is 1.47 bits per heavy atom. The van der Waals surface area contributed by atoms with Crippen LogP contribution >= 0.6 is 15.9 Å². The van der Waals surface area contributed by atoms with Crippen LogP contribution in [0.3, 0.4) is 0 Å². The van der Waals surface area contributed by atoms with Crippen molar-refractivity contribution >= 4 is 26.0 Å². The Morgan fingerprint density at radius 3 is 2.89 bits per heavy atom. The maximum atomic E-state index is 12.1. The summed E-state index contributed by atoms with van der Waals surface area (Å²) in [6, 6.07) is 5.98. The fourth-order valence-corrected chi connectivity index (χ4v) is 4.25. The average Bonchev–Trinajstić information content (AvgIpc) is 2.36. The third kappa shape index (κ3) is 3.78. The van der Waals surface area contributed by atoms with Crippen molar-refractivity contribution in [3.05, 3.63) is 33.8 Å². The molecule has 0 aromatic heterocycles. The molecule has 1 aromatic rings. The van der Waals surface area contributed by atoms with Gasteiger partial charge in [0.1, 0.15) is 0 Å². The summed E-state index contributed by atoms with van der Waals surface area (Å²) >= 11 is 3.43. The van der Waals surface area contributed by atoms with Crippen molar-refractivity contribution in [2.75, 3.05) is 6.54 Å². The van der Waals surface area contributed by atoms with Gasteiger partial charge in [0.25, 0.3) is 0 Å². The normalized spacial score (nSPS) is 20.9. The van der Waals surface area contributed by atoms with E-state index in [9.17, 15) is 13.5 Å². The number of hydrogen-bond donors (Lipinski definition) is 2. The molecule has 19 heavy (non-hydrogen) atoms. The van der Waals surface area contributed by atoms with Gasteiger partial charge in [-0.05, 0) is 49.4 Å². The minimum absolute atomic E-state index is 0.0754. The molecule has 0 saturated carbocycles. The molecular weight excluding hydrogens is 330 g/mol. The zero-order valence-corrected chi connectivity index (χ0v) is 13.2. The van der Waals surface area contributed by atoms with Crippen LogP contribution in [0.2, 0.25) is 0 Å². The van der Waals surface area contributed by atoms with Gasteiger partial charge in [-0.2, -0.15) is 0 Å². The number of hydrogen-bond acceptors (Lipinski definition) is 3. The maximum Gasteiger partial charge on any atom is 0.214 e. The summed E-state index contributed by atoms with van der Waals surface area (Å²) in [7, 11) is -3.35. The summed E-state index contributed by atoms with van der Waals surface area (Å²) in [5, 5.41) is 8.77. The summed E-state index contributed by atoms with van der Waals surface area (Å²) in [5.41, 5.74) is 2.32. The monoisotopic (exact) mass is 347 g/mol. The van der Waals surface area contributed by atoms with E-state index in [0.717, 1.165) is 16.5 Å². The quantitative estimate of drug-likeness (QED) is 0.869. The smallest absolute Gasteiger partial charge is 0.214 e. The fraction of sp³-hybridized carbons (Fsp3) is 0.538. The molecule has 2 atom stereocenters. The zero-order chi connectivity index (χ0) is 14.0. The molecule has 0 saturated heterocycles. The highest BCUT2D eigenvalue weighted by molar-refractivity contribution is 9.10. The largest absolute Gasteiger partial charge is 0.392 e. The number of rotatable bonds is 4. The van der Waals surface area contributed by atoms with Crippen molar-refractivity contribution in [3.8, 4) is 0 Å². The van der Waals surface area contributed by atoms with Gasteiger partial charge in [0.15, 0.2) is 0 Å². The van der Waals surface area contributed by atoms with Gasteiger partial charge in [-0.15, -0.1) is 0 Å². The van der Waals surface area contributed by atoms with Crippen molar-refractivity contribution in [2.24, 2.45) is 0 Å². The lowest BCUT2D eigenvalue weighted by atomic mass is 9.91. The summed E-state index contributed by atoms with van der Waals surface area (Å²) in [6.07, 6.45) is 1.27. The highest BCUT2D eigenvalue weighted by Crippen LogP contribution is 2.27. The first-order valence-corrected chi connectivity index (χ1v) is 8.66. The molecule has 106 valence electrons. The lowest BCUT2D eigenvalue weighted by Crippen LogP contribution is -2.40. The molecule has 1 aromatic carbocycles. The van der Waals surface area contributed by atoms with Gasteiger partial charge < -0.3 is 5.11 Å². The minimum Gasteiger partial charge on any atom is -0.392 e. The number of aliphatic hydroxyl groups is 1. The molecule has 2 N–H and O–H groups in total. The van der Waals surface area contributed by atoms with Gasteiger partial charge in [0.2, 0.25) is 10.0 Å². The Morgan fingerprint density at radius 2 is 2.21 bits per heavy atom. The molecule has 2 rings (SSSR count). The van der Waals surface area contributed by atoms with Gasteiger partial charge in [0, 0.05) is 11.0 Å². The van der Waals surface area contributed by atoms with E-state index >= 15 is 0 Å². The van der Waals surface area contributed by atoms with Crippen LogP contribution < -0.4 is 4.72 Å². The van der Waals surface area contributed by atoms with E-state index < -0.39 is 21.4 Å². The SMILES string of the molecule is CC(O)CNS(=O)(=O)C1CCc2cc(Br)ccc2C1. The molecule has 0 bridgehead atoms. The van der Waals surface area contributed by atoms with E-state index in [1.165, 1.54) is 5.56 Å². The van der Waals surface area contributed by atoms with Crippen LogP contribution in [-0.4, -0.2) is 31.4 Å². The highest BCUT2D eigenvalue weighted by atomic mass is 79.9. The number of nitrogens with one attached hydrogen (secondary N) is 1. The average molecular weight is 348 g/mol. The fourth-order valence-electron chi connectivity index (χ4n) is 2.31. The number of aryl methyl sites for hydroxylation is 1. The number of aliphatic hydroxyl groups excluding tert-OH is 1. The summed E-state index contributed by atoms with van der Waals surface area (Å²) in [4.78, 5) is 0. The van der Waals surface area contributed by atoms with E-state index in [-0.39, 0.29) is 6.54 Å². The van der Waals surface area contributed by atoms with Crippen LogP contribution in [0.5, 0.6) is 0 Å². The van der Waals surface area contributed by atoms with Crippen molar-refractivity contribution < 1.29 is 13.5 Å². The second kappa shape index (κ2) is 5.91. The molecule has 0 aliphatic heterocycles. The van der Waals surface area contributed by atoms with E-state index in [2.05, 4.69) is 26.7 Å². The third-order valence-electron chi connectivity index (χ3n) is 3.37. The highest BCUT2D eigenvalue weighted by Gasteiger charge is 2.29. The van der Waals surface area contributed by atoms with Gasteiger partial charge in [-0.3, -0.25) is 0 Å². The Hall–Kier alpha value is -0.430. The maximum absolute atomic E-state index is 12.1. The van der Waals surface area contributed by atoms with E-state index in [0.29, 0.717) is 12.8 Å².